The minimum atomic E-state index is -1.85. The Labute approximate surface area is 278 Å². The molecule has 2 saturated carbocycles. The van der Waals surface area contributed by atoms with E-state index in [2.05, 4.69) is 0 Å². The average Bonchev–Trinajstić information content (AvgIpc) is 3.23. The third-order valence-electron chi connectivity index (χ3n) is 10.8. The van der Waals surface area contributed by atoms with Crippen molar-refractivity contribution in [3.05, 3.63) is 47.0 Å². The summed E-state index contributed by atoms with van der Waals surface area (Å²) in [6, 6.07) is 8.11. The summed E-state index contributed by atoms with van der Waals surface area (Å²) in [7, 11) is 0. The van der Waals surface area contributed by atoms with E-state index >= 15 is 0 Å². The van der Waals surface area contributed by atoms with Crippen LogP contribution in [0.25, 0.3) is 0 Å². The molecular weight excluding hydrogens is 628 g/mol. The number of carbonyl (C=O) groups excluding carboxylic acids is 5. The Kier molecular flexibility index (Phi) is 9.07. The number of fused-ring (bicyclic) bond motifs is 4. The van der Waals surface area contributed by atoms with Crippen molar-refractivity contribution in [1.82, 2.24) is 0 Å². The van der Waals surface area contributed by atoms with E-state index in [1.165, 1.54) is 27.7 Å². The molecule has 0 spiro atoms. The van der Waals surface area contributed by atoms with E-state index in [1.807, 2.05) is 0 Å². The second kappa shape index (κ2) is 12.3. The van der Waals surface area contributed by atoms with Gasteiger partial charge in [-0.15, -0.1) is 0 Å². The Morgan fingerprint density at radius 2 is 1.44 bits per heavy atom. The molecule has 1 saturated heterocycles. The summed E-state index contributed by atoms with van der Waals surface area (Å²) in [5, 5.41) is 25.0. The van der Waals surface area contributed by atoms with Gasteiger partial charge in [0.2, 0.25) is 0 Å². The van der Waals surface area contributed by atoms with Crippen LogP contribution in [0.5, 0.6) is 0 Å². The lowest BCUT2D eigenvalue weighted by Crippen LogP contribution is -2.78. The van der Waals surface area contributed by atoms with Gasteiger partial charge in [-0.3, -0.25) is 19.2 Å². The number of hydrogen-bond acceptors (Lipinski definition) is 13. The first-order valence-electron chi connectivity index (χ1n) is 16.0. The number of ether oxygens (including phenoxy) is 6. The number of aliphatic hydroxyl groups is 2. The largest absolute Gasteiger partial charge is 0.462 e. The van der Waals surface area contributed by atoms with Gasteiger partial charge in [-0.2, -0.15) is 0 Å². The maximum Gasteiger partial charge on any atom is 0.338 e. The number of esters is 5. The first-order chi connectivity index (χ1) is 22.3. The van der Waals surface area contributed by atoms with Gasteiger partial charge in [0.1, 0.15) is 23.9 Å². The molecule has 1 heterocycles. The van der Waals surface area contributed by atoms with Crippen LogP contribution in [0.3, 0.4) is 0 Å². The van der Waals surface area contributed by atoms with Crippen LogP contribution in [0, 0.1) is 16.7 Å². The maximum atomic E-state index is 14.1. The topological polar surface area (TPSA) is 181 Å². The van der Waals surface area contributed by atoms with Crippen molar-refractivity contribution in [2.45, 2.75) is 116 Å². The minimum absolute atomic E-state index is 0.0311. The van der Waals surface area contributed by atoms with Gasteiger partial charge in [-0.1, -0.05) is 25.1 Å². The molecule has 13 heteroatoms. The van der Waals surface area contributed by atoms with Gasteiger partial charge in [-0.05, 0) is 44.1 Å². The SMILES string of the molecule is CC(=O)O[C@H]1C[C@]2(C(C)(C)O)C(=C1C)[C@@H](OC(C)=O)[C@H](OC(C)=O)[C@]1(C)[C@@H](OC(C)=O)C[C@H]3OC[C@@]3(O)[C@H]1[C@@H]2OC(=O)c1ccccc1. The van der Waals surface area contributed by atoms with Crippen LogP contribution < -0.4 is 0 Å². The molecule has 2 N–H and O–H groups in total. The van der Waals surface area contributed by atoms with E-state index in [-0.39, 0.29) is 30.6 Å². The molecule has 5 rings (SSSR count). The maximum absolute atomic E-state index is 14.1. The molecule has 0 radical (unpaired) electrons. The van der Waals surface area contributed by atoms with Crippen LogP contribution >= 0.6 is 0 Å². The zero-order chi connectivity index (χ0) is 35.6. The highest BCUT2D eigenvalue weighted by Crippen LogP contribution is 2.68. The van der Waals surface area contributed by atoms with Gasteiger partial charge >= 0.3 is 29.8 Å². The number of rotatable bonds is 7. The van der Waals surface area contributed by atoms with Gasteiger partial charge < -0.3 is 38.6 Å². The van der Waals surface area contributed by atoms with Crippen molar-refractivity contribution >= 4 is 29.8 Å². The van der Waals surface area contributed by atoms with Crippen LogP contribution in [0.1, 0.15) is 78.6 Å². The fourth-order valence-electron chi connectivity index (χ4n) is 8.89. The summed E-state index contributed by atoms with van der Waals surface area (Å²) in [4.78, 5) is 65.1. The predicted octanol–water partition coefficient (Wildman–Crippen LogP) is 2.59. The number of hydrogen-bond donors (Lipinski definition) is 2. The molecule has 1 aromatic rings. The quantitative estimate of drug-likeness (QED) is 0.245. The van der Waals surface area contributed by atoms with Gasteiger partial charge in [0.25, 0.3) is 0 Å². The molecular formula is C35H44O13. The highest BCUT2D eigenvalue weighted by molar-refractivity contribution is 5.89. The first-order valence-corrected chi connectivity index (χ1v) is 16.0. The summed E-state index contributed by atoms with van der Waals surface area (Å²) >= 11 is 0. The minimum Gasteiger partial charge on any atom is -0.462 e. The van der Waals surface area contributed by atoms with Crippen LogP contribution in [0.15, 0.2) is 41.5 Å². The van der Waals surface area contributed by atoms with Crippen molar-refractivity contribution in [1.29, 1.82) is 0 Å². The highest BCUT2D eigenvalue weighted by atomic mass is 16.6. The van der Waals surface area contributed by atoms with Crippen LogP contribution in [0.2, 0.25) is 0 Å². The van der Waals surface area contributed by atoms with Crippen LogP contribution in [-0.4, -0.2) is 94.5 Å². The molecule has 13 nitrogen and oxygen atoms in total. The van der Waals surface area contributed by atoms with Crippen LogP contribution in [0.4, 0.5) is 0 Å². The molecule has 0 bridgehead atoms. The number of carbonyl (C=O) groups is 5. The molecule has 3 aliphatic carbocycles. The van der Waals surface area contributed by atoms with Crippen molar-refractivity contribution in [3.8, 4) is 0 Å². The average molecular weight is 673 g/mol. The molecule has 10 atom stereocenters. The Hall–Kier alpha value is -3.81. The summed E-state index contributed by atoms with van der Waals surface area (Å²) in [5.74, 6) is -4.96. The van der Waals surface area contributed by atoms with E-state index in [0.29, 0.717) is 5.57 Å². The monoisotopic (exact) mass is 672 g/mol. The van der Waals surface area contributed by atoms with E-state index in [9.17, 15) is 34.2 Å². The molecule has 4 aliphatic rings. The van der Waals surface area contributed by atoms with Gasteiger partial charge in [0.15, 0.2) is 12.2 Å². The normalized spacial score (nSPS) is 37.0. The molecule has 0 aromatic heterocycles. The molecule has 1 aliphatic heterocycles. The zero-order valence-corrected chi connectivity index (χ0v) is 28.4. The third-order valence-corrected chi connectivity index (χ3v) is 10.8. The highest BCUT2D eigenvalue weighted by Gasteiger charge is 2.79. The molecule has 3 fully saturated rings. The van der Waals surface area contributed by atoms with Gasteiger partial charge in [0.05, 0.1) is 34.7 Å². The van der Waals surface area contributed by atoms with E-state index in [1.54, 1.807) is 44.2 Å². The summed E-state index contributed by atoms with van der Waals surface area (Å²) in [5.41, 5.74) is -6.29. The standard InChI is InChI=1S/C35H44O13/c1-17-23(44-18(2)36)15-34(32(6,7)41)26(17)27(46-20(4)38)29(47-21(5)39)33(8)24(45-19(3)37)14-25-35(42,16-43-25)28(33)30(34)48-31(40)22-12-10-9-11-13-22/h9-13,23-25,27-30,41-42H,14-16H2,1-8H3/t23-,24-,25+,27+,28-,29-,30-,33+,34-,35-/m0/s1. The predicted molar refractivity (Wildman–Crippen MR) is 165 cm³/mol. The second-order valence-corrected chi connectivity index (χ2v) is 14.1. The number of benzene rings is 1. The Morgan fingerprint density at radius 1 is 0.854 bits per heavy atom. The van der Waals surface area contributed by atoms with Crippen molar-refractivity contribution in [2.75, 3.05) is 6.61 Å². The Morgan fingerprint density at radius 3 is 1.94 bits per heavy atom. The lowest BCUT2D eigenvalue weighted by Gasteiger charge is -2.64. The molecule has 48 heavy (non-hydrogen) atoms. The lowest BCUT2D eigenvalue weighted by molar-refractivity contribution is -0.350. The third kappa shape index (κ3) is 5.49. The molecule has 1 aromatic carbocycles. The zero-order valence-electron chi connectivity index (χ0n) is 28.4. The fraction of sp³-hybridized carbons (Fsp3) is 0.629. The lowest BCUT2D eigenvalue weighted by atomic mass is 9.49. The Bertz CT molecular complexity index is 1530. The summed E-state index contributed by atoms with van der Waals surface area (Å²) in [6.07, 6.45) is -7.69. The molecule has 0 amide bonds. The van der Waals surface area contributed by atoms with Gasteiger partial charge in [0, 0.05) is 46.5 Å². The van der Waals surface area contributed by atoms with Crippen molar-refractivity contribution < 1.29 is 62.6 Å². The van der Waals surface area contributed by atoms with Crippen molar-refractivity contribution in [3.63, 3.8) is 0 Å². The van der Waals surface area contributed by atoms with Crippen molar-refractivity contribution in [2.24, 2.45) is 16.7 Å². The second-order valence-electron chi connectivity index (χ2n) is 14.1. The first kappa shape index (κ1) is 35.5. The summed E-state index contributed by atoms with van der Waals surface area (Å²) in [6.45, 7) is 10.8. The Balaban J connectivity index is 1.93. The van der Waals surface area contributed by atoms with E-state index in [0.717, 1.165) is 13.8 Å². The smallest absolute Gasteiger partial charge is 0.338 e. The fourth-order valence-corrected chi connectivity index (χ4v) is 8.89. The molecule has 262 valence electrons. The van der Waals surface area contributed by atoms with Gasteiger partial charge in [-0.25, -0.2) is 4.79 Å². The van der Waals surface area contributed by atoms with E-state index < -0.39 is 94.4 Å². The summed E-state index contributed by atoms with van der Waals surface area (Å²) < 4.78 is 36.1. The van der Waals surface area contributed by atoms with E-state index in [4.69, 9.17) is 28.4 Å². The molecule has 0 unspecified atom stereocenters. The van der Waals surface area contributed by atoms with Crippen LogP contribution in [-0.2, 0) is 47.6 Å².